The van der Waals surface area contributed by atoms with E-state index in [2.05, 4.69) is 17.6 Å². The largest absolute Gasteiger partial charge is 0.461 e. The van der Waals surface area contributed by atoms with Gasteiger partial charge in [-0.3, -0.25) is 9.69 Å². The zero-order valence-corrected chi connectivity index (χ0v) is 11.7. The first kappa shape index (κ1) is 13.4. The van der Waals surface area contributed by atoms with E-state index in [0.29, 0.717) is 30.5 Å². The molecule has 1 saturated heterocycles. The van der Waals surface area contributed by atoms with Gasteiger partial charge in [0.15, 0.2) is 10.8 Å². The van der Waals surface area contributed by atoms with Gasteiger partial charge in [-0.2, -0.15) is 12.6 Å². The van der Waals surface area contributed by atoms with E-state index in [1.54, 1.807) is 17.2 Å². The van der Waals surface area contributed by atoms with Gasteiger partial charge in [0.05, 0.1) is 6.61 Å². The quantitative estimate of drug-likeness (QED) is 0.675. The lowest BCUT2D eigenvalue weighted by Crippen LogP contribution is -2.24. The van der Waals surface area contributed by atoms with Crippen molar-refractivity contribution in [2.45, 2.75) is 13.3 Å². The molecule has 1 aromatic heterocycles. The molecule has 1 atom stereocenters. The SMILES string of the molecule is CCOC(=O)c1csc(N2CC(CS)CC2=O)n1. The van der Waals surface area contributed by atoms with Gasteiger partial charge in [0.2, 0.25) is 5.91 Å². The van der Waals surface area contributed by atoms with Crippen LogP contribution in [0, 0.1) is 5.92 Å². The Kier molecular flexibility index (Phi) is 4.23. The van der Waals surface area contributed by atoms with E-state index < -0.39 is 5.97 Å². The molecule has 0 spiro atoms. The molecule has 0 radical (unpaired) electrons. The second-order valence-corrected chi connectivity index (χ2v) is 5.19. The van der Waals surface area contributed by atoms with Gasteiger partial charge >= 0.3 is 5.97 Å². The summed E-state index contributed by atoms with van der Waals surface area (Å²) in [6.45, 7) is 2.68. The number of thiol groups is 1. The minimum Gasteiger partial charge on any atom is -0.461 e. The van der Waals surface area contributed by atoms with Gasteiger partial charge in [-0.1, -0.05) is 0 Å². The molecule has 0 bridgehead atoms. The number of amides is 1. The zero-order chi connectivity index (χ0) is 13.1. The molecule has 18 heavy (non-hydrogen) atoms. The van der Waals surface area contributed by atoms with Gasteiger partial charge in [-0.15, -0.1) is 11.3 Å². The molecule has 0 saturated carbocycles. The van der Waals surface area contributed by atoms with Crippen LogP contribution in [0.25, 0.3) is 0 Å². The van der Waals surface area contributed by atoms with Crippen LogP contribution in [0.5, 0.6) is 0 Å². The summed E-state index contributed by atoms with van der Waals surface area (Å²) in [7, 11) is 0. The minimum absolute atomic E-state index is 0.0406. The van der Waals surface area contributed by atoms with Crippen molar-refractivity contribution in [3.8, 4) is 0 Å². The molecule has 1 aromatic rings. The third-order valence-electron chi connectivity index (χ3n) is 2.67. The third kappa shape index (κ3) is 2.67. The van der Waals surface area contributed by atoms with Gasteiger partial charge in [-0.05, 0) is 18.6 Å². The lowest BCUT2D eigenvalue weighted by Gasteiger charge is -2.11. The van der Waals surface area contributed by atoms with E-state index in [9.17, 15) is 9.59 Å². The number of carbonyl (C=O) groups is 2. The highest BCUT2D eigenvalue weighted by atomic mass is 32.1. The Labute approximate surface area is 115 Å². The van der Waals surface area contributed by atoms with Crippen LogP contribution in [-0.2, 0) is 9.53 Å². The minimum atomic E-state index is -0.447. The van der Waals surface area contributed by atoms with E-state index in [1.807, 2.05) is 0 Å². The molecule has 0 aromatic carbocycles. The molecule has 0 aliphatic carbocycles. The third-order valence-corrected chi connectivity index (χ3v) is 4.05. The Hall–Kier alpha value is -1.08. The normalized spacial score (nSPS) is 19.3. The predicted octanol–water partition coefficient (Wildman–Crippen LogP) is 1.60. The molecular formula is C11H14N2O3S2. The molecule has 2 rings (SSSR count). The summed E-state index contributed by atoms with van der Waals surface area (Å²) in [5, 5.41) is 2.18. The number of rotatable bonds is 4. The average Bonchev–Trinajstić information content (AvgIpc) is 2.95. The van der Waals surface area contributed by atoms with Gasteiger partial charge < -0.3 is 4.74 Å². The van der Waals surface area contributed by atoms with Crippen molar-refractivity contribution in [3.63, 3.8) is 0 Å². The van der Waals surface area contributed by atoms with Crippen molar-refractivity contribution in [3.05, 3.63) is 11.1 Å². The molecule has 1 aliphatic heterocycles. The average molecular weight is 286 g/mol. The van der Waals surface area contributed by atoms with Crippen LogP contribution in [-0.4, -0.2) is 35.8 Å². The van der Waals surface area contributed by atoms with E-state index in [1.165, 1.54) is 11.3 Å². The Balaban J connectivity index is 2.11. The summed E-state index contributed by atoms with van der Waals surface area (Å²) in [4.78, 5) is 29.0. The number of aromatic nitrogens is 1. The fraction of sp³-hybridized carbons (Fsp3) is 0.545. The van der Waals surface area contributed by atoms with Crippen molar-refractivity contribution < 1.29 is 14.3 Å². The predicted molar refractivity (Wildman–Crippen MR) is 72.4 cm³/mol. The highest BCUT2D eigenvalue weighted by Gasteiger charge is 2.31. The lowest BCUT2D eigenvalue weighted by atomic mass is 10.1. The first-order valence-corrected chi connectivity index (χ1v) is 7.20. The first-order valence-electron chi connectivity index (χ1n) is 5.69. The molecule has 1 fully saturated rings. The fourth-order valence-corrected chi connectivity index (χ4v) is 2.84. The summed E-state index contributed by atoms with van der Waals surface area (Å²) < 4.78 is 4.86. The van der Waals surface area contributed by atoms with E-state index in [-0.39, 0.29) is 17.5 Å². The standard InChI is InChI=1S/C11H14N2O3S2/c1-2-16-10(15)8-6-18-11(12-8)13-4-7(5-17)3-9(13)14/h6-7,17H,2-5H2,1H3. The first-order chi connectivity index (χ1) is 8.65. The number of hydrogen-bond donors (Lipinski definition) is 1. The Morgan fingerprint density at radius 3 is 3.11 bits per heavy atom. The van der Waals surface area contributed by atoms with Crippen LogP contribution >= 0.6 is 24.0 Å². The highest BCUT2D eigenvalue weighted by molar-refractivity contribution is 7.80. The topological polar surface area (TPSA) is 59.5 Å². The van der Waals surface area contributed by atoms with Gasteiger partial charge in [0.25, 0.3) is 0 Å². The number of hydrogen-bond acceptors (Lipinski definition) is 6. The summed E-state index contributed by atoms with van der Waals surface area (Å²) in [6.07, 6.45) is 0.498. The molecule has 2 heterocycles. The second kappa shape index (κ2) is 5.71. The number of nitrogens with zero attached hydrogens (tertiary/aromatic N) is 2. The zero-order valence-electron chi connectivity index (χ0n) is 9.96. The van der Waals surface area contributed by atoms with Gasteiger partial charge in [0.1, 0.15) is 0 Å². The van der Waals surface area contributed by atoms with Crippen LogP contribution in [0.4, 0.5) is 5.13 Å². The molecule has 98 valence electrons. The summed E-state index contributed by atoms with van der Waals surface area (Å²) in [5.74, 6) is 0.533. The van der Waals surface area contributed by atoms with Crippen molar-refractivity contribution >= 4 is 41.0 Å². The fourth-order valence-electron chi connectivity index (χ4n) is 1.78. The molecule has 7 heteroatoms. The summed E-state index contributed by atoms with van der Waals surface area (Å²) in [5.41, 5.74) is 0.263. The number of anilines is 1. The number of esters is 1. The van der Waals surface area contributed by atoms with Gasteiger partial charge in [-0.25, -0.2) is 9.78 Å². The highest BCUT2D eigenvalue weighted by Crippen LogP contribution is 2.28. The van der Waals surface area contributed by atoms with Crippen molar-refractivity contribution in [2.24, 2.45) is 5.92 Å². The molecule has 1 amide bonds. The van der Waals surface area contributed by atoms with E-state index >= 15 is 0 Å². The maximum Gasteiger partial charge on any atom is 0.357 e. The molecule has 0 N–H and O–H groups in total. The van der Waals surface area contributed by atoms with Crippen LogP contribution in [0.1, 0.15) is 23.8 Å². The van der Waals surface area contributed by atoms with E-state index in [4.69, 9.17) is 4.74 Å². The molecule has 1 unspecified atom stereocenters. The van der Waals surface area contributed by atoms with E-state index in [0.717, 1.165) is 0 Å². The van der Waals surface area contributed by atoms with Crippen LogP contribution in [0.15, 0.2) is 5.38 Å². The smallest absolute Gasteiger partial charge is 0.357 e. The molecule has 1 aliphatic rings. The number of thiazole rings is 1. The van der Waals surface area contributed by atoms with Crippen molar-refractivity contribution in [1.82, 2.24) is 4.98 Å². The van der Waals surface area contributed by atoms with Crippen LogP contribution < -0.4 is 4.90 Å². The van der Waals surface area contributed by atoms with Crippen LogP contribution in [0.3, 0.4) is 0 Å². The Morgan fingerprint density at radius 1 is 1.72 bits per heavy atom. The monoisotopic (exact) mass is 286 g/mol. The second-order valence-electron chi connectivity index (χ2n) is 3.99. The van der Waals surface area contributed by atoms with Crippen molar-refractivity contribution in [2.75, 3.05) is 23.8 Å². The Morgan fingerprint density at radius 2 is 2.50 bits per heavy atom. The van der Waals surface area contributed by atoms with Crippen LogP contribution in [0.2, 0.25) is 0 Å². The number of carbonyl (C=O) groups excluding carboxylic acids is 2. The number of ether oxygens (including phenoxy) is 1. The maximum absolute atomic E-state index is 11.8. The maximum atomic E-state index is 11.8. The lowest BCUT2D eigenvalue weighted by molar-refractivity contribution is -0.117. The Bertz CT molecular complexity index is 461. The summed E-state index contributed by atoms with van der Waals surface area (Å²) in [6, 6.07) is 0. The van der Waals surface area contributed by atoms with Crippen molar-refractivity contribution in [1.29, 1.82) is 0 Å². The molecular weight excluding hydrogens is 272 g/mol. The molecule has 5 nitrogen and oxygen atoms in total. The summed E-state index contributed by atoms with van der Waals surface area (Å²) >= 11 is 5.49. The van der Waals surface area contributed by atoms with Gasteiger partial charge in [0, 0.05) is 18.3 Å².